The normalized spacial score (nSPS) is 22.1. The van der Waals surface area contributed by atoms with Gasteiger partial charge in [-0.1, -0.05) is 0 Å². The molecule has 2 fully saturated rings. The van der Waals surface area contributed by atoms with Crippen molar-refractivity contribution < 1.29 is 28.3 Å². The van der Waals surface area contributed by atoms with Crippen LogP contribution in [0, 0.1) is 5.82 Å². The first-order chi connectivity index (χ1) is 13.4. The highest BCUT2D eigenvalue weighted by molar-refractivity contribution is 6.04. The highest BCUT2D eigenvalue weighted by Crippen LogP contribution is 2.22. The Kier molecular flexibility index (Phi) is 6.23. The molecule has 1 aromatic rings. The summed E-state index contributed by atoms with van der Waals surface area (Å²) in [6.07, 6.45) is 1.90. The van der Waals surface area contributed by atoms with E-state index in [0.29, 0.717) is 18.5 Å². The fraction of sp³-hybridized carbons (Fsp3) is 0.474. The molecule has 2 N–H and O–H groups in total. The van der Waals surface area contributed by atoms with E-state index in [2.05, 4.69) is 10.6 Å². The third-order valence-electron chi connectivity index (χ3n) is 4.81. The number of ether oxygens (including phenoxy) is 1. The van der Waals surface area contributed by atoms with Crippen molar-refractivity contribution in [1.82, 2.24) is 10.2 Å². The number of halogens is 1. The minimum atomic E-state index is -0.642. The molecular weight excluding hydrogens is 369 g/mol. The Morgan fingerprint density at radius 1 is 1.11 bits per heavy atom. The zero-order valence-corrected chi connectivity index (χ0v) is 15.3. The van der Waals surface area contributed by atoms with Crippen LogP contribution in [-0.4, -0.2) is 47.4 Å². The molecular formula is C19H22FN3O5. The van der Waals surface area contributed by atoms with Crippen molar-refractivity contribution >= 4 is 29.5 Å². The first-order valence-corrected chi connectivity index (χ1v) is 9.26. The Morgan fingerprint density at radius 2 is 1.79 bits per heavy atom. The quantitative estimate of drug-likeness (QED) is 0.747. The number of likely N-dealkylation sites (tertiary alicyclic amines) is 1. The van der Waals surface area contributed by atoms with Crippen LogP contribution in [-0.2, 0) is 19.1 Å². The van der Waals surface area contributed by atoms with E-state index in [1.165, 1.54) is 24.3 Å². The summed E-state index contributed by atoms with van der Waals surface area (Å²) >= 11 is 0. The van der Waals surface area contributed by atoms with Crippen LogP contribution in [0.1, 0.15) is 38.5 Å². The Morgan fingerprint density at radius 3 is 2.46 bits per heavy atom. The lowest BCUT2D eigenvalue weighted by Gasteiger charge is -2.29. The summed E-state index contributed by atoms with van der Waals surface area (Å²) in [6.45, 7) is -0.273. The van der Waals surface area contributed by atoms with Crippen molar-refractivity contribution in [3.8, 4) is 0 Å². The molecule has 8 nitrogen and oxygen atoms in total. The predicted octanol–water partition coefficient (Wildman–Crippen LogP) is 1.95. The van der Waals surface area contributed by atoms with Crippen molar-refractivity contribution in [3.63, 3.8) is 0 Å². The standard InChI is InChI=1S/C19H22FN3O5/c20-12-4-6-13(7-5-12)22-19(27)28-15-3-1-2-14(10-15)21-16(24)11-23-17(25)8-9-18(23)26/h4-7,14-15H,1-3,8-11H2,(H,21,24)(H,22,27)/t14-,15-/m1/s1. The highest BCUT2D eigenvalue weighted by Gasteiger charge is 2.32. The van der Waals surface area contributed by atoms with Gasteiger partial charge in [0.05, 0.1) is 0 Å². The fourth-order valence-corrected chi connectivity index (χ4v) is 3.43. The minimum Gasteiger partial charge on any atom is -0.446 e. The summed E-state index contributed by atoms with van der Waals surface area (Å²) < 4.78 is 18.3. The minimum absolute atomic E-state index is 0.147. The smallest absolute Gasteiger partial charge is 0.411 e. The summed E-state index contributed by atoms with van der Waals surface area (Å²) in [5.74, 6) is -1.46. The largest absolute Gasteiger partial charge is 0.446 e. The van der Waals surface area contributed by atoms with Gasteiger partial charge < -0.3 is 10.1 Å². The maximum absolute atomic E-state index is 12.9. The lowest BCUT2D eigenvalue weighted by molar-refractivity contribution is -0.142. The van der Waals surface area contributed by atoms with Gasteiger partial charge in [0.25, 0.3) is 0 Å². The Labute approximate surface area is 161 Å². The molecule has 1 aliphatic carbocycles. The summed E-state index contributed by atoms with van der Waals surface area (Å²) in [6, 6.07) is 5.13. The molecule has 0 spiro atoms. The molecule has 1 saturated heterocycles. The number of nitrogens with zero attached hydrogens (tertiary/aromatic N) is 1. The topological polar surface area (TPSA) is 105 Å². The van der Waals surface area contributed by atoms with Gasteiger partial charge in [0.15, 0.2) is 0 Å². The molecule has 2 atom stereocenters. The number of hydrogen-bond donors (Lipinski definition) is 2. The lowest BCUT2D eigenvalue weighted by Crippen LogP contribution is -2.46. The van der Waals surface area contributed by atoms with E-state index < -0.39 is 17.8 Å². The maximum Gasteiger partial charge on any atom is 0.411 e. The summed E-state index contributed by atoms with van der Waals surface area (Å²) in [5, 5.41) is 5.34. The van der Waals surface area contributed by atoms with E-state index >= 15 is 0 Å². The molecule has 3 rings (SSSR count). The molecule has 0 bridgehead atoms. The van der Waals surface area contributed by atoms with Crippen LogP contribution in [0.5, 0.6) is 0 Å². The van der Waals surface area contributed by atoms with Crippen LogP contribution < -0.4 is 10.6 Å². The molecule has 150 valence electrons. The van der Waals surface area contributed by atoms with Gasteiger partial charge in [-0.25, -0.2) is 9.18 Å². The van der Waals surface area contributed by atoms with Crippen LogP contribution in [0.15, 0.2) is 24.3 Å². The van der Waals surface area contributed by atoms with Crippen LogP contribution in [0.2, 0.25) is 0 Å². The van der Waals surface area contributed by atoms with E-state index in [-0.39, 0.29) is 43.3 Å². The summed E-state index contributed by atoms with van der Waals surface area (Å²) in [5.41, 5.74) is 0.423. The predicted molar refractivity (Wildman–Crippen MR) is 96.6 cm³/mol. The number of benzene rings is 1. The van der Waals surface area contributed by atoms with Crippen LogP contribution >= 0.6 is 0 Å². The fourth-order valence-electron chi connectivity index (χ4n) is 3.43. The summed E-state index contributed by atoms with van der Waals surface area (Å²) in [7, 11) is 0. The zero-order chi connectivity index (χ0) is 20.1. The first-order valence-electron chi connectivity index (χ1n) is 9.26. The monoisotopic (exact) mass is 391 g/mol. The molecule has 1 aromatic carbocycles. The SMILES string of the molecule is O=C(CN1C(=O)CCC1=O)N[C@@H]1CCC[C@@H](OC(=O)Nc2ccc(F)cc2)C1. The van der Waals surface area contributed by atoms with Gasteiger partial charge in [0.1, 0.15) is 18.5 Å². The van der Waals surface area contributed by atoms with Crippen molar-refractivity contribution in [2.75, 3.05) is 11.9 Å². The van der Waals surface area contributed by atoms with Crippen molar-refractivity contribution in [1.29, 1.82) is 0 Å². The number of hydrogen-bond acceptors (Lipinski definition) is 5. The number of amides is 4. The van der Waals surface area contributed by atoms with E-state index in [1.54, 1.807) is 0 Å². The molecule has 0 aromatic heterocycles. The molecule has 0 radical (unpaired) electrons. The molecule has 1 heterocycles. The van der Waals surface area contributed by atoms with Gasteiger partial charge in [-0.3, -0.25) is 24.6 Å². The number of rotatable bonds is 5. The second-order valence-electron chi connectivity index (χ2n) is 6.96. The van der Waals surface area contributed by atoms with E-state index in [9.17, 15) is 23.6 Å². The molecule has 9 heteroatoms. The third-order valence-corrected chi connectivity index (χ3v) is 4.81. The van der Waals surface area contributed by atoms with Crippen molar-refractivity contribution in [3.05, 3.63) is 30.1 Å². The van der Waals surface area contributed by atoms with Crippen molar-refractivity contribution in [2.24, 2.45) is 0 Å². The molecule has 0 unspecified atom stereocenters. The number of carbonyl (C=O) groups is 4. The number of nitrogens with one attached hydrogen (secondary N) is 2. The van der Waals surface area contributed by atoms with Gasteiger partial charge in [0.2, 0.25) is 17.7 Å². The molecule has 1 saturated carbocycles. The Hall–Kier alpha value is -2.97. The third kappa shape index (κ3) is 5.28. The number of imide groups is 1. The lowest BCUT2D eigenvalue weighted by atomic mass is 9.93. The Bertz CT molecular complexity index is 751. The van der Waals surface area contributed by atoms with Crippen LogP contribution in [0.3, 0.4) is 0 Å². The summed E-state index contributed by atoms with van der Waals surface area (Å²) in [4.78, 5) is 48.3. The van der Waals surface area contributed by atoms with Crippen LogP contribution in [0.25, 0.3) is 0 Å². The van der Waals surface area contributed by atoms with Crippen LogP contribution in [0.4, 0.5) is 14.9 Å². The average Bonchev–Trinajstić information content (AvgIpc) is 2.96. The maximum atomic E-state index is 12.9. The van der Waals surface area contributed by atoms with E-state index in [0.717, 1.165) is 17.7 Å². The van der Waals surface area contributed by atoms with Gasteiger partial charge in [0, 0.05) is 31.0 Å². The molecule has 1 aliphatic heterocycles. The average molecular weight is 391 g/mol. The second-order valence-corrected chi connectivity index (χ2v) is 6.96. The molecule has 4 amide bonds. The van der Waals surface area contributed by atoms with Gasteiger partial charge in [-0.05, 0) is 43.5 Å². The van der Waals surface area contributed by atoms with E-state index in [1.807, 2.05) is 0 Å². The highest BCUT2D eigenvalue weighted by atomic mass is 19.1. The van der Waals surface area contributed by atoms with Gasteiger partial charge in [-0.15, -0.1) is 0 Å². The van der Waals surface area contributed by atoms with Gasteiger partial charge >= 0.3 is 6.09 Å². The zero-order valence-electron chi connectivity index (χ0n) is 15.3. The van der Waals surface area contributed by atoms with E-state index in [4.69, 9.17) is 4.74 Å². The molecule has 28 heavy (non-hydrogen) atoms. The first kappa shape index (κ1) is 19.8. The number of anilines is 1. The Balaban J connectivity index is 1.45. The number of carbonyl (C=O) groups excluding carboxylic acids is 4. The second kappa shape index (κ2) is 8.81. The van der Waals surface area contributed by atoms with Crippen molar-refractivity contribution in [2.45, 2.75) is 50.7 Å². The van der Waals surface area contributed by atoms with Gasteiger partial charge in [-0.2, -0.15) is 0 Å². The molecule has 2 aliphatic rings.